The van der Waals surface area contributed by atoms with E-state index in [0.717, 1.165) is 12.0 Å². The number of hydrogen-bond donors (Lipinski definition) is 2. The number of aliphatic hydroxyl groups is 2. The first-order valence-corrected chi connectivity index (χ1v) is 27.5. The maximum atomic E-state index is 14.6. The molecule has 0 aromatic heterocycles. The molecule has 0 spiro atoms. The lowest BCUT2D eigenvalue weighted by Gasteiger charge is -2.43. The van der Waals surface area contributed by atoms with Crippen molar-refractivity contribution in [1.29, 1.82) is 0 Å². The number of ketones is 3. The number of carbonyl (C=O) groups is 5. The van der Waals surface area contributed by atoms with Crippen molar-refractivity contribution in [3.8, 4) is 0 Å². The molecule has 2 bridgehead atoms. The maximum Gasteiger partial charge on any atom is 0.329 e. The van der Waals surface area contributed by atoms with Crippen molar-refractivity contribution in [2.75, 3.05) is 74.6 Å². The van der Waals surface area contributed by atoms with Gasteiger partial charge in [-0.15, -0.1) is 0 Å². The first-order valence-electron chi connectivity index (χ1n) is 27.5. The summed E-state index contributed by atoms with van der Waals surface area (Å²) in [5.41, 5.74) is 1.49. The van der Waals surface area contributed by atoms with Crippen molar-refractivity contribution < 1.29 is 76.8 Å². The average Bonchev–Trinajstić information content (AvgIpc) is 3.39. The molecule has 4 aliphatic rings. The molecule has 75 heavy (non-hydrogen) atoms. The zero-order chi connectivity index (χ0) is 55.2. The van der Waals surface area contributed by atoms with Crippen LogP contribution in [0.4, 0.5) is 0 Å². The molecule has 3 fully saturated rings. The quantitative estimate of drug-likeness (QED) is 0.0698. The van der Waals surface area contributed by atoms with E-state index in [1.807, 2.05) is 65.0 Å². The summed E-state index contributed by atoms with van der Waals surface area (Å²) < 4.78 is 53.3. The zero-order valence-electron chi connectivity index (χ0n) is 47.0. The molecule has 2 saturated heterocycles. The number of Topliss-reactive ketones (excluding diaryl/α,β-unsaturated/α-hetero) is 3. The van der Waals surface area contributed by atoms with Gasteiger partial charge in [0.2, 0.25) is 5.79 Å². The van der Waals surface area contributed by atoms with E-state index < -0.39 is 71.8 Å². The van der Waals surface area contributed by atoms with E-state index in [2.05, 4.69) is 0 Å². The number of carbonyl (C=O) groups excluding carboxylic acids is 5. The number of methoxy groups -OCH3 is 4. The number of allylic oxidation sites excluding steroid dienone is 6. The number of aliphatic hydroxyl groups excluding tert-OH is 1. The van der Waals surface area contributed by atoms with Crippen LogP contribution >= 0.6 is 0 Å². The molecule has 3 heterocycles. The van der Waals surface area contributed by atoms with E-state index >= 15 is 0 Å². The molecule has 1 amide bonds. The molecular weight excluding hydrogens is 967 g/mol. The van der Waals surface area contributed by atoms with Gasteiger partial charge in [-0.25, -0.2) is 4.79 Å². The fourth-order valence-electron chi connectivity index (χ4n) is 11.2. The lowest BCUT2D eigenvalue weighted by atomic mass is 9.78. The molecule has 17 nitrogen and oxygen atoms in total. The van der Waals surface area contributed by atoms with Crippen LogP contribution in [0.5, 0.6) is 0 Å². The van der Waals surface area contributed by atoms with Gasteiger partial charge in [0.1, 0.15) is 30.1 Å². The molecule has 0 radical (unpaired) electrons. The van der Waals surface area contributed by atoms with Crippen LogP contribution in [0.1, 0.15) is 126 Å². The molecule has 15 atom stereocenters. The third kappa shape index (κ3) is 18.8. The van der Waals surface area contributed by atoms with Gasteiger partial charge < -0.3 is 57.7 Å². The van der Waals surface area contributed by atoms with Crippen molar-refractivity contribution in [2.24, 2.45) is 35.5 Å². The third-order valence-corrected chi connectivity index (χ3v) is 15.8. The smallest absolute Gasteiger partial charge is 0.329 e. The van der Waals surface area contributed by atoms with Crippen molar-refractivity contribution in [3.63, 3.8) is 0 Å². The average molecular weight is 1060 g/mol. The fraction of sp³-hybridized carbons (Fsp3) is 0.776. The third-order valence-electron chi connectivity index (χ3n) is 15.8. The van der Waals surface area contributed by atoms with Crippen molar-refractivity contribution >= 4 is 29.2 Å². The second-order valence-corrected chi connectivity index (χ2v) is 21.6. The van der Waals surface area contributed by atoms with Crippen LogP contribution in [0.15, 0.2) is 47.6 Å². The first kappa shape index (κ1) is 64.0. The number of hydrogen-bond acceptors (Lipinski definition) is 16. The second kappa shape index (κ2) is 32.4. The number of nitrogens with zero attached hydrogens (tertiary/aromatic N) is 1. The number of fused-ring (bicyclic) bond motifs is 3. The molecule has 0 aromatic carbocycles. The zero-order valence-corrected chi connectivity index (χ0v) is 47.0. The van der Waals surface area contributed by atoms with E-state index in [1.165, 1.54) is 19.1 Å². The van der Waals surface area contributed by atoms with Gasteiger partial charge >= 0.3 is 5.97 Å². The Balaban J connectivity index is 1.72. The van der Waals surface area contributed by atoms with Crippen molar-refractivity contribution in [1.82, 2.24) is 4.90 Å². The molecule has 17 heteroatoms. The van der Waals surface area contributed by atoms with Crippen LogP contribution in [0.3, 0.4) is 0 Å². The summed E-state index contributed by atoms with van der Waals surface area (Å²) in [5, 5.41) is 21.6. The van der Waals surface area contributed by atoms with Crippen molar-refractivity contribution in [3.05, 3.63) is 47.6 Å². The molecule has 0 aromatic rings. The van der Waals surface area contributed by atoms with Gasteiger partial charge in [0, 0.05) is 65.6 Å². The number of piperidine rings is 1. The summed E-state index contributed by atoms with van der Waals surface area (Å²) in [4.78, 5) is 73.3. The lowest BCUT2D eigenvalue weighted by molar-refractivity contribution is -0.266. The minimum atomic E-state index is -2.47. The van der Waals surface area contributed by atoms with Gasteiger partial charge in [0.25, 0.3) is 11.7 Å². The predicted octanol–water partition coefficient (Wildman–Crippen LogP) is 6.88. The van der Waals surface area contributed by atoms with Crippen LogP contribution in [0.2, 0.25) is 0 Å². The standard InChI is InChI=1S/C58H93NO16/c1-37-17-13-12-14-18-38(2)49(73-30-29-71-28-27-67-8)35-45-22-20-43(7)58(66,75-45)55(63)56(64)59-24-16-15-19-46(59)57(65)74-50(40(4)33-44-21-23-48(72-26-25-60)51(34-44)68-9)36-47(61)39(3)32-42(6)53(69-10)54(70-11)52(62)41(5)31-37/h12-14,17-18,32,37,39-41,43-46,48-51,53-54,60,66H,15-16,19-31,33-36H2,1-11H3/b14-12+,17-13+,38-18+,42-32+/t37-,39-,40-,41-,43-,44+,45+,46+,48-,49?,50+,51-,53-,54+,58-/m1/s1. The van der Waals surface area contributed by atoms with Gasteiger partial charge in [0.05, 0.1) is 64.1 Å². The minimum absolute atomic E-state index is 0.0309. The van der Waals surface area contributed by atoms with Crippen molar-refractivity contribution in [2.45, 2.75) is 180 Å². The van der Waals surface area contributed by atoms with Gasteiger partial charge in [-0.3, -0.25) is 19.2 Å². The molecule has 1 unspecified atom stereocenters. The summed E-state index contributed by atoms with van der Waals surface area (Å²) in [6.45, 7) is 14.6. The van der Waals surface area contributed by atoms with E-state index in [4.69, 9.17) is 42.6 Å². The minimum Gasteiger partial charge on any atom is -0.460 e. The summed E-state index contributed by atoms with van der Waals surface area (Å²) in [5.74, 6) is -7.67. The molecule has 2 N–H and O–H groups in total. The fourth-order valence-corrected chi connectivity index (χ4v) is 11.2. The van der Waals surface area contributed by atoms with Crippen LogP contribution in [0, 0.1) is 35.5 Å². The highest BCUT2D eigenvalue weighted by Crippen LogP contribution is 2.38. The number of ether oxygens (including phenoxy) is 9. The molecule has 3 aliphatic heterocycles. The maximum absolute atomic E-state index is 14.6. The second-order valence-electron chi connectivity index (χ2n) is 21.6. The van der Waals surface area contributed by atoms with Crippen LogP contribution in [0.25, 0.3) is 0 Å². The number of rotatable bonds is 16. The highest BCUT2D eigenvalue weighted by molar-refractivity contribution is 6.39. The summed E-state index contributed by atoms with van der Waals surface area (Å²) in [6, 6.07) is -1.15. The number of amides is 1. The molecule has 4 rings (SSSR count). The lowest BCUT2D eigenvalue weighted by Crippen LogP contribution is -2.61. The summed E-state index contributed by atoms with van der Waals surface area (Å²) >= 11 is 0. The largest absolute Gasteiger partial charge is 0.460 e. The monoisotopic (exact) mass is 1060 g/mol. The Morgan fingerprint density at radius 1 is 0.773 bits per heavy atom. The van der Waals surface area contributed by atoms with Gasteiger partial charge in [-0.2, -0.15) is 0 Å². The highest BCUT2D eigenvalue weighted by atomic mass is 16.6. The van der Waals surface area contributed by atoms with Gasteiger partial charge in [-0.1, -0.05) is 71.1 Å². The molecule has 1 aliphatic carbocycles. The SMILES string of the molecule is COCCOCCOC1C[C@@H]2CC[C@@H](C)[C@@](O)(O2)C(=O)C(=O)N2CCCC[C@H]2C(=O)O[C@H]([C@H](C)C[C@@H]2CC[C@@H](OCCO)[C@H](OC)C2)CC(=O)[C@H](C)/C=C(\C)[C@@H](OC)[C@@H](OC)C(=O)[C@H](C)C[C@H](C)/C=C/C=C/C=C/1C. The Morgan fingerprint density at radius 2 is 1.51 bits per heavy atom. The van der Waals surface area contributed by atoms with E-state index in [0.29, 0.717) is 76.8 Å². The summed E-state index contributed by atoms with van der Waals surface area (Å²) in [7, 11) is 6.22. The normalized spacial score (nSPS) is 36.6. The Bertz CT molecular complexity index is 1930. The van der Waals surface area contributed by atoms with Gasteiger partial charge in [-0.05, 0) is 107 Å². The van der Waals surface area contributed by atoms with Crippen LogP contribution in [-0.2, 0) is 66.6 Å². The number of esters is 1. The first-order chi connectivity index (χ1) is 35.8. The number of cyclic esters (lactones) is 1. The van der Waals surface area contributed by atoms with Crippen LogP contribution < -0.4 is 0 Å². The van der Waals surface area contributed by atoms with E-state index in [1.54, 1.807) is 34.1 Å². The Kier molecular flexibility index (Phi) is 27.7. The Morgan fingerprint density at radius 3 is 2.20 bits per heavy atom. The molecule has 1 saturated carbocycles. The molecular formula is C58H93NO16. The van der Waals surface area contributed by atoms with Crippen LogP contribution in [-0.4, -0.2) is 174 Å². The predicted molar refractivity (Wildman–Crippen MR) is 282 cm³/mol. The Hall–Kier alpha value is -3.49. The van der Waals surface area contributed by atoms with E-state index in [9.17, 15) is 34.2 Å². The topological polar surface area (TPSA) is 212 Å². The summed E-state index contributed by atoms with van der Waals surface area (Å²) in [6.07, 6.45) is 12.9. The highest BCUT2D eigenvalue weighted by Gasteiger charge is 2.53. The van der Waals surface area contributed by atoms with Gasteiger partial charge in [0.15, 0.2) is 5.78 Å². The Labute approximate surface area is 447 Å². The van der Waals surface area contributed by atoms with E-state index in [-0.39, 0.29) is 93.1 Å². The molecule has 426 valence electrons.